The average Bonchev–Trinajstić information content (AvgIpc) is 1.81. The molecule has 0 heterocycles. The quantitative estimate of drug-likeness (QED) is 0.392. The van der Waals surface area contributed by atoms with Crippen LogP contribution in [0, 0.1) is 0 Å². The standard InChI is InChI=1S/C7H9O5P/c1-4(8)12-7(11)13(5(2)9)6(3)10/h1-3H3. The molecule has 5 nitrogen and oxygen atoms in total. The van der Waals surface area contributed by atoms with Crippen LogP contribution in [-0.2, 0) is 19.1 Å². The summed E-state index contributed by atoms with van der Waals surface area (Å²) in [6.07, 6.45) is 0. The first-order valence-electron chi connectivity index (χ1n) is 3.40. The van der Waals surface area contributed by atoms with E-state index in [-0.39, 0.29) is 0 Å². The lowest BCUT2D eigenvalue weighted by molar-refractivity contribution is -0.133. The second-order valence-corrected chi connectivity index (χ2v) is 4.53. The summed E-state index contributed by atoms with van der Waals surface area (Å²) in [6, 6.07) is 0. The summed E-state index contributed by atoms with van der Waals surface area (Å²) in [6.45, 7) is 3.27. The largest absolute Gasteiger partial charge is 0.389 e. The van der Waals surface area contributed by atoms with Crippen molar-refractivity contribution in [3.63, 3.8) is 0 Å². The Labute approximate surface area is 76.2 Å². The van der Waals surface area contributed by atoms with Gasteiger partial charge in [-0.15, -0.1) is 0 Å². The Morgan fingerprint density at radius 2 is 1.31 bits per heavy atom. The van der Waals surface area contributed by atoms with Gasteiger partial charge in [-0.05, 0) is 13.8 Å². The number of hydrogen-bond donors (Lipinski definition) is 0. The van der Waals surface area contributed by atoms with Crippen molar-refractivity contribution in [2.45, 2.75) is 20.8 Å². The van der Waals surface area contributed by atoms with E-state index in [1.807, 2.05) is 0 Å². The molecule has 13 heavy (non-hydrogen) atoms. The fraction of sp³-hybridized carbons (Fsp3) is 0.429. The molecule has 0 spiro atoms. The van der Waals surface area contributed by atoms with Gasteiger partial charge in [-0.2, -0.15) is 0 Å². The molecule has 0 aromatic heterocycles. The topological polar surface area (TPSA) is 77.5 Å². The monoisotopic (exact) mass is 204 g/mol. The third-order valence-corrected chi connectivity index (χ3v) is 2.76. The van der Waals surface area contributed by atoms with Crippen LogP contribution in [-0.4, -0.2) is 22.7 Å². The molecule has 0 aliphatic carbocycles. The van der Waals surface area contributed by atoms with E-state index in [4.69, 9.17) is 0 Å². The summed E-state index contributed by atoms with van der Waals surface area (Å²) in [7, 11) is -2.13. The first-order valence-corrected chi connectivity index (χ1v) is 4.74. The molecule has 6 heteroatoms. The average molecular weight is 204 g/mol. The lowest BCUT2D eigenvalue weighted by Gasteiger charge is -2.06. The summed E-state index contributed by atoms with van der Waals surface area (Å²) in [4.78, 5) is 42.9. The van der Waals surface area contributed by atoms with Crippen molar-refractivity contribution in [2.75, 3.05) is 0 Å². The van der Waals surface area contributed by atoms with Crippen LogP contribution < -0.4 is 0 Å². The smallest absolute Gasteiger partial charge is 0.349 e. The molecule has 0 bridgehead atoms. The van der Waals surface area contributed by atoms with Crippen LogP contribution in [0.4, 0.5) is 4.79 Å². The Bertz CT molecular complexity index is 256. The molecule has 72 valence electrons. The highest BCUT2D eigenvalue weighted by Gasteiger charge is 2.30. The molecule has 0 amide bonds. The molecular formula is C7H9O5P. The highest BCUT2D eigenvalue weighted by Crippen LogP contribution is 2.39. The Morgan fingerprint density at radius 3 is 1.54 bits per heavy atom. The van der Waals surface area contributed by atoms with Crippen molar-refractivity contribution in [1.82, 2.24) is 0 Å². The maximum absolute atomic E-state index is 11.0. The van der Waals surface area contributed by atoms with Crippen molar-refractivity contribution in [2.24, 2.45) is 0 Å². The van der Waals surface area contributed by atoms with Gasteiger partial charge < -0.3 is 4.74 Å². The third kappa shape index (κ3) is 3.90. The minimum absolute atomic E-state index is 0.561. The van der Waals surface area contributed by atoms with Gasteiger partial charge in [0.1, 0.15) is 7.92 Å². The molecule has 0 rings (SSSR count). The Morgan fingerprint density at radius 1 is 0.923 bits per heavy atom. The normalized spacial score (nSPS) is 9.54. The number of esters is 1. The summed E-state index contributed by atoms with van der Waals surface area (Å²) < 4.78 is 4.14. The van der Waals surface area contributed by atoms with Gasteiger partial charge in [0, 0.05) is 6.92 Å². The fourth-order valence-electron chi connectivity index (χ4n) is 0.647. The van der Waals surface area contributed by atoms with Crippen molar-refractivity contribution in [3.8, 4) is 0 Å². The highest BCUT2D eigenvalue weighted by atomic mass is 31.1. The van der Waals surface area contributed by atoms with E-state index in [0.717, 1.165) is 20.8 Å². The summed E-state index contributed by atoms with van der Waals surface area (Å²) >= 11 is 0. The number of rotatable bonds is 3. The molecule has 0 N–H and O–H groups in total. The second-order valence-electron chi connectivity index (χ2n) is 2.23. The lowest BCUT2D eigenvalue weighted by Crippen LogP contribution is -2.12. The summed E-state index contributed by atoms with van der Waals surface area (Å²) in [5.41, 5.74) is -2.16. The molecule has 0 aliphatic rings. The number of hydrogen-bond acceptors (Lipinski definition) is 5. The van der Waals surface area contributed by atoms with Gasteiger partial charge in [0.25, 0.3) is 0 Å². The van der Waals surface area contributed by atoms with Gasteiger partial charge in [-0.25, -0.2) is 4.79 Å². The van der Waals surface area contributed by atoms with Crippen LogP contribution in [0.15, 0.2) is 0 Å². The number of carbonyl (C=O) groups is 4. The fourth-order valence-corrected chi connectivity index (χ4v) is 1.82. The van der Waals surface area contributed by atoms with Crippen molar-refractivity contribution < 1.29 is 23.9 Å². The summed E-state index contributed by atoms with van der Waals surface area (Å²) in [5, 5.41) is 0. The van der Waals surface area contributed by atoms with Crippen LogP contribution in [0.25, 0.3) is 0 Å². The first-order chi connectivity index (χ1) is 5.86. The first kappa shape index (κ1) is 11.9. The molecule has 0 aromatic carbocycles. The van der Waals surface area contributed by atoms with Crippen LogP contribution >= 0.6 is 7.92 Å². The maximum atomic E-state index is 11.0. The van der Waals surface area contributed by atoms with Gasteiger partial charge in [0.15, 0.2) is 11.0 Å². The van der Waals surface area contributed by atoms with Crippen LogP contribution in [0.1, 0.15) is 20.8 Å². The van der Waals surface area contributed by atoms with E-state index in [9.17, 15) is 19.2 Å². The zero-order valence-electron chi connectivity index (χ0n) is 7.49. The van der Waals surface area contributed by atoms with Gasteiger partial charge in [-0.1, -0.05) is 0 Å². The maximum Gasteiger partial charge on any atom is 0.349 e. The molecule has 0 aromatic rings. The SMILES string of the molecule is CC(=O)OC(=O)P(C(C)=O)C(C)=O. The van der Waals surface area contributed by atoms with Gasteiger partial charge in [-0.3, -0.25) is 14.4 Å². The molecule has 0 radical (unpaired) electrons. The van der Waals surface area contributed by atoms with Gasteiger partial charge in [0.05, 0.1) is 0 Å². The molecular weight excluding hydrogens is 195 g/mol. The van der Waals surface area contributed by atoms with Gasteiger partial charge in [0.2, 0.25) is 0 Å². The lowest BCUT2D eigenvalue weighted by atomic mass is 10.8. The summed E-state index contributed by atoms with van der Waals surface area (Å²) in [5.74, 6) is -0.819. The van der Waals surface area contributed by atoms with E-state index in [1.54, 1.807) is 0 Å². The Hall–Kier alpha value is -1.09. The molecule has 0 atom stereocenters. The molecule has 0 saturated heterocycles. The zero-order valence-corrected chi connectivity index (χ0v) is 8.38. The van der Waals surface area contributed by atoms with E-state index in [2.05, 4.69) is 4.74 Å². The predicted molar refractivity (Wildman–Crippen MR) is 45.4 cm³/mol. The highest BCUT2D eigenvalue weighted by molar-refractivity contribution is 8.01. The molecule has 0 unspecified atom stereocenters. The molecule has 0 aliphatic heterocycles. The van der Waals surface area contributed by atoms with Gasteiger partial charge >= 0.3 is 11.7 Å². The Balaban J connectivity index is 4.57. The second kappa shape index (κ2) is 4.82. The van der Waals surface area contributed by atoms with Crippen LogP contribution in [0.2, 0.25) is 0 Å². The van der Waals surface area contributed by atoms with E-state index in [0.29, 0.717) is 0 Å². The zero-order chi connectivity index (χ0) is 10.6. The molecule has 0 fully saturated rings. The van der Waals surface area contributed by atoms with Crippen molar-refractivity contribution in [3.05, 3.63) is 0 Å². The number of carbonyl (C=O) groups excluding carboxylic acids is 4. The van der Waals surface area contributed by atoms with E-state index in [1.165, 1.54) is 0 Å². The number of ether oxygens (including phenoxy) is 1. The minimum Gasteiger partial charge on any atom is -0.389 e. The van der Waals surface area contributed by atoms with E-state index < -0.39 is 30.6 Å². The van der Waals surface area contributed by atoms with Crippen molar-refractivity contribution in [1.29, 1.82) is 0 Å². The van der Waals surface area contributed by atoms with E-state index >= 15 is 0 Å². The van der Waals surface area contributed by atoms with Crippen LogP contribution in [0.3, 0.4) is 0 Å². The predicted octanol–water partition coefficient (Wildman–Crippen LogP) is 1.24. The van der Waals surface area contributed by atoms with Crippen molar-refractivity contribution >= 4 is 30.6 Å². The Kier molecular flexibility index (Phi) is 4.42. The molecule has 0 saturated carbocycles. The minimum atomic E-state index is -2.13. The third-order valence-electron chi connectivity index (χ3n) is 1.04. The van der Waals surface area contributed by atoms with Crippen LogP contribution in [0.5, 0.6) is 0 Å².